The minimum absolute atomic E-state index is 0.142. The largest absolute Gasteiger partial charge is 0.464 e. The normalized spacial score (nSPS) is 10.1. The zero-order valence-electron chi connectivity index (χ0n) is 11.3. The van der Waals surface area contributed by atoms with Crippen LogP contribution in [0.4, 0.5) is 0 Å². The van der Waals surface area contributed by atoms with Gasteiger partial charge < -0.3 is 14.8 Å². The number of hydrogen-bond acceptors (Lipinski definition) is 6. The molecule has 0 fully saturated rings. The summed E-state index contributed by atoms with van der Waals surface area (Å²) in [5, 5.41) is 10.7. The molecule has 0 atom stereocenters. The number of rotatable bonds is 5. The summed E-state index contributed by atoms with van der Waals surface area (Å²) in [6.45, 7) is 0.684. The molecule has 0 amide bonds. The highest BCUT2D eigenvalue weighted by atomic mass is 16.5. The molecule has 0 aliphatic rings. The maximum absolute atomic E-state index is 11.2. The molecule has 0 spiro atoms. The van der Waals surface area contributed by atoms with Gasteiger partial charge in [0.2, 0.25) is 5.88 Å². The van der Waals surface area contributed by atoms with Gasteiger partial charge in [0.25, 0.3) is 0 Å². The molecule has 0 saturated heterocycles. The summed E-state index contributed by atoms with van der Waals surface area (Å²) in [5.41, 5.74) is 1.15. The van der Waals surface area contributed by atoms with Crippen LogP contribution < -0.4 is 10.1 Å². The van der Waals surface area contributed by atoms with Gasteiger partial charge in [0.05, 0.1) is 7.11 Å². The van der Waals surface area contributed by atoms with Gasteiger partial charge in [-0.25, -0.2) is 4.79 Å². The van der Waals surface area contributed by atoms with Crippen LogP contribution in [0.15, 0.2) is 36.4 Å². The van der Waals surface area contributed by atoms with E-state index in [0.717, 1.165) is 5.56 Å². The second-order valence-corrected chi connectivity index (χ2v) is 3.99. The van der Waals surface area contributed by atoms with Gasteiger partial charge >= 0.3 is 5.97 Å². The van der Waals surface area contributed by atoms with E-state index in [1.165, 1.54) is 13.2 Å². The third kappa shape index (κ3) is 3.30. The molecule has 1 aromatic heterocycles. The summed E-state index contributed by atoms with van der Waals surface area (Å²) in [6, 6.07) is 10.7. The highest BCUT2D eigenvalue weighted by molar-refractivity contribution is 5.86. The number of nitrogens with one attached hydrogen (secondary N) is 1. The first-order valence-corrected chi connectivity index (χ1v) is 6.07. The number of para-hydroxylation sites is 1. The fraction of sp³-hybridized carbons (Fsp3) is 0.214. The number of ether oxygens (including phenoxy) is 2. The van der Waals surface area contributed by atoms with E-state index in [1.54, 1.807) is 6.07 Å². The number of hydrogen-bond donors (Lipinski definition) is 1. The lowest BCUT2D eigenvalue weighted by molar-refractivity contribution is 0.0592. The summed E-state index contributed by atoms with van der Waals surface area (Å²) < 4.78 is 10.2. The van der Waals surface area contributed by atoms with Gasteiger partial charge in [0.1, 0.15) is 5.75 Å². The van der Waals surface area contributed by atoms with Crippen LogP contribution in [0.3, 0.4) is 0 Å². The van der Waals surface area contributed by atoms with Crippen molar-refractivity contribution in [3.63, 3.8) is 0 Å². The van der Waals surface area contributed by atoms with Crippen molar-refractivity contribution in [3.8, 4) is 11.6 Å². The fourth-order valence-electron chi connectivity index (χ4n) is 1.64. The Kier molecular flexibility index (Phi) is 4.62. The van der Waals surface area contributed by atoms with E-state index in [4.69, 9.17) is 4.74 Å². The molecule has 1 heterocycles. The SMILES string of the molecule is CNCc1ccccc1Oc1ccc(C(=O)OC)nn1. The Bertz CT molecular complexity index is 584. The molecule has 6 heteroatoms. The Morgan fingerprint density at radius 2 is 2.00 bits per heavy atom. The second kappa shape index (κ2) is 6.63. The quantitative estimate of drug-likeness (QED) is 0.837. The van der Waals surface area contributed by atoms with Crippen LogP contribution >= 0.6 is 0 Å². The zero-order valence-corrected chi connectivity index (χ0v) is 11.3. The number of carbonyl (C=O) groups excluding carboxylic acids is 1. The van der Waals surface area contributed by atoms with E-state index in [9.17, 15) is 4.79 Å². The number of aromatic nitrogens is 2. The molecular weight excluding hydrogens is 258 g/mol. The smallest absolute Gasteiger partial charge is 0.358 e. The second-order valence-electron chi connectivity index (χ2n) is 3.99. The fourth-order valence-corrected chi connectivity index (χ4v) is 1.64. The molecule has 0 bridgehead atoms. The van der Waals surface area contributed by atoms with Crippen LogP contribution in [0.2, 0.25) is 0 Å². The van der Waals surface area contributed by atoms with Crippen LogP contribution in [0.25, 0.3) is 0 Å². The van der Waals surface area contributed by atoms with Gasteiger partial charge in [-0.3, -0.25) is 0 Å². The summed E-state index contributed by atoms with van der Waals surface area (Å²) in [5.74, 6) is 0.489. The number of nitrogens with zero attached hydrogens (tertiary/aromatic N) is 2. The van der Waals surface area contributed by atoms with Crippen molar-refractivity contribution in [2.75, 3.05) is 14.2 Å². The first-order valence-electron chi connectivity index (χ1n) is 6.07. The number of methoxy groups -OCH3 is 1. The van der Waals surface area contributed by atoms with E-state index >= 15 is 0 Å². The predicted octanol–water partition coefficient (Wildman–Crippen LogP) is 1.77. The van der Waals surface area contributed by atoms with Gasteiger partial charge in [-0.1, -0.05) is 18.2 Å². The Morgan fingerprint density at radius 1 is 1.20 bits per heavy atom. The maximum Gasteiger partial charge on any atom is 0.358 e. The minimum Gasteiger partial charge on any atom is -0.464 e. The van der Waals surface area contributed by atoms with Crippen LogP contribution in [0.1, 0.15) is 16.1 Å². The Hall–Kier alpha value is -2.47. The third-order valence-corrected chi connectivity index (χ3v) is 2.59. The Morgan fingerprint density at radius 3 is 2.65 bits per heavy atom. The summed E-state index contributed by atoms with van der Waals surface area (Å²) >= 11 is 0. The molecule has 6 nitrogen and oxygen atoms in total. The molecule has 2 aromatic rings. The van der Waals surface area contributed by atoms with Crippen LogP contribution in [-0.4, -0.2) is 30.3 Å². The zero-order chi connectivity index (χ0) is 14.4. The molecule has 20 heavy (non-hydrogen) atoms. The van der Waals surface area contributed by atoms with Crippen molar-refractivity contribution >= 4 is 5.97 Å². The van der Waals surface area contributed by atoms with Crippen LogP contribution in [-0.2, 0) is 11.3 Å². The lowest BCUT2D eigenvalue weighted by Gasteiger charge is -2.09. The van der Waals surface area contributed by atoms with E-state index in [2.05, 4.69) is 20.3 Å². The van der Waals surface area contributed by atoms with E-state index in [-0.39, 0.29) is 5.69 Å². The first kappa shape index (κ1) is 14.0. The van der Waals surface area contributed by atoms with Gasteiger partial charge in [-0.05, 0) is 19.2 Å². The van der Waals surface area contributed by atoms with Crippen LogP contribution in [0.5, 0.6) is 11.6 Å². The molecular formula is C14H15N3O3. The molecule has 0 aliphatic carbocycles. The topological polar surface area (TPSA) is 73.3 Å². The standard InChI is InChI=1S/C14H15N3O3/c1-15-9-10-5-3-4-6-12(10)20-13-8-7-11(16-17-13)14(18)19-2/h3-8,15H,9H2,1-2H3. The average molecular weight is 273 g/mol. The Balaban J connectivity index is 2.16. The van der Waals surface area contributed by atoms with E-state index < -0.39 is 5.97 Å². The maximum atomic E-state index is 11.2. The van der Waals surface area contributed by atoms with Gasteiger partial charge in [0.15, 0.2) is 5.69 Å². The van der Waals surface area contributed by atoms with Crippen molar-refractivity contribution in [1.29, 1.82) is 0 Å². The molecule has 0 radical (unpaired) electrons. The van der Waals surface area contributed by atoms with Crippen LogP contribution in [0, 0.1) is 0 Å². The van der Waals surface area contributed by atoms with Crippen molar-refractivity contribution in [3.05, 3.63) is 47.7 Å². The summed E-state index contributed by atoms with van der Waals surface area (Å²) in [6.07, 6.45) is 0. The van der Waals surface area contributed by atoms with Crippen molar-refractivity contribution < 1.29 is 14.3 Å². The first-order chi connectivity index (χ1) is 9.74. The Labute approximate surface area is 116 Å². The van der Waals surface area contributed by atoms with Gasteiger partial charge in [0, 0.05) is 18.2 Å². The number of carbonyl (C=O) groups is 1. The molecule has 0 aliphatic heterocycles. The summed E-state index contributed by atoms with van der Waals surface area (Å²) in [7, 11) is 3.16. The summed E-state index contributed by atoms with van der Waals surface area (Å²) in [4.78, 5) is 11.2. The lowest BCUT2D eigenvalue weighted by Crippen LogP contribution is -2.07. The molecule has 1 aromatic carbocycles. The highest BCUT2D eigenvalue weighted by Gasteiger charge is 2.09. The third-order valence-electron chi connectivity index (χ3n) is 2.59. The van der Waals surface area contributed by atoms with E-state index in [0.29, 0.717) is 18.2 Å². The van der Waals surface area contributed by atoms with Gasteiger partial charge in [-0.2, -0.15) is 0 Å². The number of esters is 1. The minimum atomic E-state index is -0.528. The monoisotopic (exact) mass is 273 g/mol. The molecule has 0 unspecified atom stereocenters. The molecule has 0 saturated carbocycles. The molecule has 1 N–H and O–H groups in total. The number of benzene rings is 1. The van der Waals surface area contributed by atoms with Crippen molar-refractivity contribution in [2.45, 2.75) is 6.54 Å². The predicted molar refractivity (Wildman–Crippen MR) is 72.7 cm³/mol. The highest BCUT2D eigenvalue weighted by Crippen LogP contribution is 2.23. The molecule has 2 rings (SSSR count). The molecule has 104 valence electrons. The van der Waals surface area contributed by atoms with Gasteiger partial charge in [-0.15, -0.1) is 10.2 Å². The van der Waals surface area contributed by atoms with E-state index in [1.807, 2.05) is 31.3 Å². The average Bonchev–Trinajstić information content (AvgIpc) is 2.49. The van der Waals surface area contributed by atoms with Crippen molar-refractivity contribution in [1.82, 2.24) is 15.5 Å². The van der Waals surface area contributed by atoms with Crippen molar-refractivity contribution in [2.24, 2.45) is 0 Å². The lowest BCUT2D eigenvalue weighted by atomic mass is 10.2.